The van der Waals surface area contributed by atoms with Crippen molar-refractivity contribution in [2.24, 2.45) is 0 Å². The average Bonchev–Trinajstić information content (AvgIpc) is 2.75. The van der Waals surface area contributed by atoms with E-state index in [2.05, 4.69) is 5.32 Å². The van der Waals surface area contributed by atoms with E-state index in [9.17, 15) is 13.2 Å². The molecule has 0 aliphatic heterocycles. The molecule has 0 saturated heterocycles. The zero-order chi connectivity index (χ0) is 22.6. The maximum atomic E-state index is 13.4. The predicted octanol–water partition coefficient (Wildman–Crippen LogP) is 4.80. The van der Waals surface area contributed by atoms with Crippen LogP contribution in [0.15, 0.2) is 71.6 Å². The summed E-state index contributed by atoms with van der Waals surface area (Å²) >= 11 is 6.12. The molecule has 0 bridgehead atoms. The van der Waals surface area contributed by atoms with Gasteiger partial charge in [-0.05, 0) is 61.4 Å². The molecule has 0 radical (unpaired) electrons. The summed E-state index contributed by atoms with van der Waals surface area (Å²) < 4.78 is 33.1. The number of carbonyl (C=O) groups excluding carboxylic acids is 1. The largest absolute Gasteiger partial charge is 0.495 e. The Morgan fingerprint density at radius 2 is 1.74 bits per heavy atom. The lowest BCUT2D eigenvalue weighted by atomic mass is 10.1. The Labute approximate surface area is 187 Å². The van der Waals surface area contributed by atoms with Gasteiger partial charge in [-0.3, -0.25) is 9.10 Å². The molecule has 1 N–H and O–H groups in total. The van der Waals surface area contributed by atoms with Crippen LogP contribution >= 0.6 is 11.6 Å². The highest BCUT2D eigenvalue weighted by Crippen LogP contribution is 2.30. The maximum Gasteiger partial charge on any atom is 0.264 e. The smallest absolute Gasteiger partial charge is 0.264 e. The Kier molecular flexibility index (Phi) is 6.87. The Hall–Kier alpha value is -3.03. The quantitative estimate of drug-likeness (QED) is 0.551. The van der Waals surface area contributed by atoms with E-state index < -0.39 is 22.5 Å². The van der Waals surface area contributed by atoms with Crippen molar-refractivity contribution in [3.63, 3.8) is 0 Å². The standard InChI is InChI=1S/C23H23ClN2O4S/c1-16-8-7-11-21(17(16)2)26(31(28,29)19-9-5-4-6-10-19)15-23(27)25-18-12-13-22(30-3)20(24)14-18/h4-14H,15H2,1-3H3,(H,25,27). The van der Waals surface area contributed by atoms with Crippen LogP contribution in [0.25, 0.3) is 0 Å². The SMILES string of the molecule is COc1ccc(NC(=O)CN(c2cccc(C)c2C)S(=O)(=O)c2ccccc2)cc1Cl. The molecular formula is C23H23ClN2O4S. The average molecular weight is 459 g/mol. The van der Waals surface area contributed by atoms with Crippen LogP contribution < -0.4 is 14.4 Å². The van der Waals surface area contributed by atoms with Crippen LogP contribution in [0.4, 0.5) is 11.4 Å². The van der Waals surface area contributed by atoms with Crippen LogP contribution in [0.5, 0.6) is 5.75 Å². The Morgan fingerprint density at radius 3 is 2.39 bits per heavy atom. The molecule has 1 amide bonds. The molecule has 8 heteroatoms. The van der Waals surface area contributed by atoms with Gasteiger partial charge >= 0.3 is 0 Å². The van der Waals surface area contributed by atoms with Crippen LogP contribution in [-0.2, 0) is 14.8 Å². The van der Waals surface area contributed by atoms with Gasteiger partial charge in [-0.1, -0.05) is 41.9 Å². The molecule has 0 aromatic heterocycles. The first-order chi connectivity index (χ1) is 14.7. The van der Waals surface area contributed by atoms with E-state index in [0.29, 0.717) is 22.1 Å². The first kappa shape index (κ1) is 22.7. The van der Waals surface area contributed by atoms with E-state index in [4.69, 9.17) is 16.3 Å². The highest BCUT2D eigenvalue weighted by molar-refractivity contribution is 7.92. The molecule has 0 heterocycles. The van der Waals surface area contributed by atoms with Gasteiger partial charge in [-0.25, -0.2) is 8.42 Å². The van der Waals surface area contributed by atoms with Gasteiger partial charge in [-0.15, -0.1) is 0 Å². The van der Waals surface area contributed by atoms with E-state index in [-0.39, 0.29) is 4.90 Å². The third kappa shape index (κ3) is 5.00. The molecule has 0 aliphatic rings. The summed E-state index contributed by atoms with van der Waals surface area (Å²) in [6.07, 6.45) is 0. The molecule has 0 saturated carbocycles. The highest BCUT2D eigenvalue weighted by Gasteiger charge is 2.28. The predicted molar refractivity (Wildman–Crippen MR) is 124 cm³/mol. The molecule has 0 aliphatic carbocycles. The van der Waals surface area contributed by atoms with E-state index in [0.717, 1.165) is 15.4 Å². The number of sulfonamides is 1. The minimum absolute atomic E-state index is 0.108. The minimum Gasteiger partial charge on any atom is -0.495 e. The third-order valence-corrected chi connectivity index (χ3v) is 6.97. The van der Waals surface area contributed by atoms with Gasteiger partial charge in [0, 0.05) is 5.69 Å². The normalized spacial score (nSPS) is 11.1. The second-order valence-electron chi connectivity index (χ2n) is 6.94. The number of rotatable bonds is 7. The molecule has 31 heavy (non-hydrogen) atoms. The van der Waals surface area contributed by atoms with E-state index in [1.165, 1.54) is 19.2 Å². The number of nitrogens with zero attached hydrogens (tertiary/aromatic N) is 1. The molecule has 3 aromatic rings. The lowest BCUT2D eigenvalue weighted by Gasteiger charge is -2.26. The van der Waals surface area contributed by atoms with Gasteiger partial charge in [0.2, 0.25) is 5.91 Å². The lowest BCUT2D eigenvalue weighted by Crippen LogP contribution is -2.38. The molecule has 3 aromatic carbocycles. The van der Waals surface area contributed by atoms with Crippen LogP contribution in [0, 0.1) is 13.8 Å². The van der Waals surface area contributed by atoms with Crippen molar-refractivity contribution in [1.29, 1.82) is 0 Å². The number of amides is 1. The van der Waals surface area contributed by atoms with Crippen molar-refractivity contribution < 1.29 is 17.9 Å². The number of carbonyl (C=O) groups is 1. The van der Waals surface area contributed by atoms with Crippen molar-refractivity contribution in [2.45, 2.75) is 18.7 Å². The van der Waals surface area contributed by atoms with Crippen LogP contribution in [-0.4, -0.2) is 28.0 Å². The van der Waals surface area contributed by atoms with Crippen molar-refractivity contribution >= 4 is 38.9 Å². The molecular weight excluding hydrogens is 436 g/mol. The second kappa shape index (κ2) is 9.41. The van der Waals surface area contributed by atoms with E-state index in [1.807, 2.05) is 19.9 Å². The first-order valence-electron chi connectivity index (χ1n) is 9.51. The fourth-order valence-electron chi connectivity index (χ4n) is 3.10. The summed E-state index contributed by atoms with van der Waals surface area (Å²) in [7, 11) is -2.48. The van der Waals surface area contributed by atoms with Crippen molar-refractivity contribution in [2.75, 3.05) is 23.3 Å². The second-order valence-corrected chi connectivity index (χ2v) is 9.21. The summed E-state index contributed by atoms with van der Waals surface area (Å²) in [5.74, 6) is -0.0232. The van der Waals surface area contributed by atoms with E-state index >= 15 is 0 Å². The maximum absolute atomic E-state index is 13.4. The number of aryl methyl sites for hydroxylation is 1. The van der Waals surface area contributed by atoms with Gasteiger partial charge in [0.1, 0.15) is 12.3 Å². The van der Waals surface area contributed by atoms with Crippen molar-refractivity contribution in [1.82, 2.24) is 0 Å². The van der Waals surface area contributed by atoms with Gasteiger partial charge in [0.25, 0.3) is 10.0 Å². The van der Waals surface area contributed by atoms with Gasteiger partial charge < -0.3 is 10.1 Å². The number of benzene rings is 3. The van der Waals surface area contributed by atoms with Crippen LogP contribution in [0.1, 0.15) is 11.1 Å². The molecule has 0 fully saturated rings. The summed E-state index contributed by atoms with van der Waals surface area (Å²) in [5.41, 5.74) is 2.59. The summed E-state index contributed by atoms with van der Waals surface area (Å²) in [5, 5.41) is 3.04. The summed E-state index contributed by atoms with van der Waals surface area (Å²) in [6.45, 7) is 3.33. The lowest BCUT2D eigenvalue weighted by molar-refractivity contribution is -0.114. The molecule has 0 unspecified atom stereocenters. The number of methoxy groups -OCH3 is 1. The Balaban J connectivity index is 1.96. The summed E-state index contributed by atoms with van der Waals surface area (Å²) in [6, 6.07) is 18.2. The molecule has 6 nitrogen and oxygen atoms in total. The first-order valence-corrected chi connectivity index (χ1v) is 11.3. The van der Waals surface area contributed by atoms with Crippen LogP contribution in [0.2, 0.25) is 5.02 Å². The van der Waals surface area contributed by atoms with Crippen LogP contribution in [0.3, 0.4) is 0 Å². The fraction of sp³-hybridized carbons (Fsp3) is 0.174. The number of anilines is 2. The minimum atomic E-state index is -3.97. The molecule has 162 valence electrons. The zero-order valence-electron chi connectivity index (χ0n) is 17.4. The topological polar surface area (TPSA) is 75.7 Å². The number of hydrogen-bond acceptors (Lipinski definition) is 4. The molecule has 3 rings (SSSR count). The van der Waals surface area contributed by atoms with E-state index in [1.54, 1.807) is 48.5 Å². The van der Waals surface area contributed by atoms with Crippen molar-refractivity contribution in [3.05, 3.63) is 82.9 Å². The third-order valence-electron chi connectivity index (χ3n) is 4.90. The Bertz CT molecular complexity index is 1200. The number of halogens is 1. The number of hydrogen-bond donors (Lipinski definition) is 1. The molecule has 0 atom stereocenters. The fourth-order valence-corrected chi connectivity index (χ4v) is 4.86. The van der Waals surface area contributed by atoms with Crippen molar-refractivity contribution in [3.8, 4) is 5.75 Å². The van der Waals surface area contributed by atoms with Gasteiger partial charge in [0.15, 0.2) is 0 Å². The Morgan fingerprint density at radius 1 is 1.03 bits per heavy atom. The molecule has 0 spiro atoms. The number of nitrogens with one attached hydrogen (secondary N) is 1. The van der Waals surface area contributed by atoms with Gasteiger partial charge in [0.05, 0.1) is 22.7 Å². The zero-order valence-corrected chi connectivity index (χ0v) is 19.0. The summed E-state index contributed by atoms with van der Waals surface area (Å²) in [4.78, 5) is 13.0. The highest BCUT2D eigenvalue weighted by atomic mass is 35.5. The number of ether oxygens (including phenoxy) is 1. The monoisotopic (exact) mass is 458 g/mol. The van der Waals surface area contributed by atoms with Gasteiger partial charge in [-0.2, -0.15) is 0 Å².